The van der Waals surface area contributed by atoms with Crippen molar-refractivity contribution >= 4 is 51.9 Å². The molecule has 0 bridgehead atoms. The summed E-state index contributed by atoms with van der Waals surface area (Å²) in [6.07, 6.45) is 10.7. The number of hydrogen-bond acceptors (Lipinski definition) is 16. The van der Waals surface area contributed by atoms with E-state index in [9.17, 15) is 29.2 Å². The van der Waals surface area contributed by atoms with Crippen LogP contribution in [0.25, 0.3) is 16.9 Å². The number of fused-ring (bicyclic) bond motifs is 2. The van der Waals surface area contributed by atoms with Gasteiger partial charge in [0.05, 0.1) is 93.6 Å². The highest BCUT2D eigenvalue weighted by Crippen LogP contribution is 2.33. The smallest absolute Gasteiger partial charge is 0.264 e. The van der Waals surface area contributed by atoms with Gasteiger partial charge in [0, 0.05) is 61.2 Å². The number of rotatable bonds is 24. The van der Waals surface area contributed by atoms with Gasteiger partial charge in [-0.05, 0) is 69.1 Å². The molecule has 3 fully saturated rings. The van der Waals surface area contributed by atoms with Crippen molar-refractivity contribution in [3.8, 4) is 11.9 Å². The van der Waals surface area contributed by atoms with Crippen LogP contribution < -0.4 is 21.3 Å². The third kappa shape index (κ3) is 11.5. The van der Waals surface area contributed by atoms with Crippen LogP contribution in [-0.2, 0) is 33.3 Å². The van der Waals surface area contributed by atoms with Crippen LogP contribution in [0.3, 0.4) is 0 Å². The molecule has 20 heteroatoms. The molecule has 348 valence electrons. The number of nitriles is 1. The molecular weight excluding hydrogens is 853 g/mol. The maximum atomic E-state index is 13.5. The highest BCUT2D eigenvalue weighted by atomic mass is 16.6. The number of carbonyl (C=O) groups is 5. The van der Waals surface area contributed by atoms with Gasteiger partial charge < -0.3 is 39.6 Å². The van der Waals surface area contributed by atoms with Crippen molar-refractivity contribution in [1.82, 2.24) is 35.3 Å². The number of nitrogens with zero attached hydrogens (tertiary/aromatic N) is 6. The molecule has 5 amide bonds. The van der Waals surface area contributed by atoms with E-state index in [2.05, 4.69) is 42.4 Å². The number of anilines is 2. The van der Waals surface area contributed by atoms with Crippen LogP contribution >= 0.6 is 0 Å². The van der Waals surface area contributed by atoms with E-state index in [0.29, 0.717) is 119 Å². The quantitative estimate of drug-likeness (QED) is 0.0582. The molecule has 66 heavy (non-hydrogen) atoms. The second-order valence-electron chi connectivity index (χ2n) is 16.6. The first-order chi connectivity index (χ1) is 32.3. The minimum absolute atomic E-state index is 0.0599. The van der Waals surface area contributed by atoms with E-state index in [1.165, 1.54) is 6.20 Å². The van der Waals surface area contributed by atoms with E-state index < -0.39 is 29.7 Å². The van der Waals surface area contributed by atoms with Crippen molar-refractivity contribution in [2.24, 2.45) is 5.92 Å². The van der Waals surface area contributed by atoms with Crippen LogP contribution in [-0.4, -0.2) is 145 Å². The molecule has 4 aromatic rings. The summed E-state index contributed by atoms with van der Waals surface area (Å²) in [5.74, 6) is -1.38. The highest BCUT2D eigenvalue weighted by Gasteiger charge is 2.45. The van der Waals surface area contributed by atoms with Gasteiger partial charge in [0.1, 0.15) is 12.1 Å². The fraction of sp³-hybridized carbons (Fsp3) is 0.500. The number of pyridine rings is 2. The number of hydrogen-bond donors (Lipinski definition) is 4. The van der Waals surface area contributed by atoms with Gasteiger partial charge in [-0.2, -0.15) is 15.0 Å². The highest BCUT2D eigenvalue weighted by molar-refractivity contribution is 6.25. The molecule has 20 nitrogen and oxygen atoms in total. The fourth-order valence-electron chi connectivity index (χ4n) is 8.24. The van der Waals surface area contributed by atoms with Gasteiger partial charge >= 0.3 is 0 Å². The van der Waals surface area contributed by atoms with Crippen LogP contribution in [0.4, 0.5) is 11.4 Å². The van der Waals surface area contributed by atoms with Crippen LogP contribution in [0.1, 0.15) is 88.0 Å². The minimum atomic E-state index is -1.02. The Kier molecular flexibility index (Phi) is 15.5. The Balaban J connectivity index is 0.625. The van der Waals surface area contributed by atoms with Crippen molar-refractivity contribution in [3.05, 3.63) is 71.2 Å². The van der Waals surface area contributed by atoms with Gasteiger partial charge in [-0.15, -0.1) is 0 Å². The molecule has 1 aromatic carbocycles. The van der Waals surface area contributed by atoms with Gasteiger partial charge in [0.15, 0.2) is 11.5 Å². The first-order valence-corrected chi connectivity index (χ1v) is 22.6. The Morgan fingerprint density at radius 1 is 0.773 bits per heavy atom. The molecule has 4 aliphatic rings. The summed E-state index contributed by atoms with van der Waals surface area (Å²) in [7, 11) is 0. The molecule has 3 aromatic heterocycles. The van der Waals surface area contributed by atoms with Crippen molar-refractivity contribution in [2.75, 3.05) is 83.2 Å². The number of benzene rings is 1. The molecule has 0 radical (unpaired) electrons. The van der Waals surface area contributed by atoms with Crippen LogP contribution in [0.5, 0.6) is 0 Å². The second-order valence-corrected chi connectivity index (χ2v) is 16.6. The zero-order valence-corrected chi connectivity index (χ0v) is 36.6. The Hall–Kier alpha value is -6.37. The molecule has 2 saturated carbocycles. The lowest BCUT2D eigenvalue weighted by Gasteiger charge is -2.29. The van der Waals surface area contributed by atoms with Crippen LogP contribution in [0.15, 0.2) is 48.9 Å². The van der Waals surface area contributed by atoms with Crippen molar-refractivity contribution in [1.29, 1.82) is 5.26 Å². The van der Waals surface area contributed by atoms with Crippen molar-refractivity contribution < 1.29 is 47.7 Å². The van der Waals surface area contributed by atoms with Crippen LogP contribution in [0.2, 0.25) is 0 Å². The van der Waals surface area contributed by atoms with E-state index in [4.69, 9.17) is 23.7 Å². The zero-order chi connectivity index (χ0) is 45.8. The summed E-state index contributed by atoms with van der Waals surface area (Å²) in [6.45, 7) is 4.78. The van der Waals surface area contributed by atoms with Gasteiger partial charge in [-0.1, -0.05) is 6.07 Å². The van der Waals surface area contributed by atoms with Gasteiger partial charge in [-0.25, -0.2) is 9.97 Å². The Morgan fingerprint density at radius 2 is 1.47 bits per heavy atom. The fourth-order valence-corrected chi connectivity index (χ4v) is 8.24. The molecule has 1 saturated heterocycles. The van der Waals surface area contributed by atoms with Gasteiger partial charge in [-0.3, -0.25) is 34.2 Å². The predicted molar refractivity (Wildman–Crippen MR) is 237 cm³/mol. The standard InChI is InChI=1S/C46H54N10O10/c47-24-30-22-31-26-51-56(42(31)50-25-30)39-23-37(52-32-8-9-32)35(27-49-39)43(58)53-33-6-4-29(5-7-33)28-66-21-20-65-19-18-64-17-16-63-15-14-62-13-12-48-36-3-1-2-34-41(36)46(61)55(45(34)60)38-10-11-40(57)54-44(38)59/h1-3,22-23,25-27,29,32-33,38,48H,4-21,28H2,(H,49,52)(H,53,58)(H,54,57,59)/t29-,33-,38?. The van der Waals surface area contributed by atoms with E-state index in [-0.39, 0.29) is 35.9 Å². The van der Waals surface area contributed by atoms with E-state index in [1.807, 2.05) is 6.07 Å². The number of piperidine rings is 1. The first kappa shape index (κ1) is 46.2. The average molecular weight is 907 g/mol. The summed E-state index contributed by atoms with van der Waals surface area (Å²) < 4.78 is 30.0. The van der Waals surface area contributed by atoms with Gasteiger partial charge in [0.25, 0.3) is 17.7 Å². The Bertz CT molecular complexity index is 2440. The number of amides is 5. The topological polar surface area (TPSA) is 250 Å². The number of ether oxygens (including phenoxy) is 5. The van der Waals surface area contributed by atoms with E-state index in [0.717, 1.165) is 48.8 Å². The maximum Gasteiger partial charge on any atom is 0.264 e. The number of carbonyl (C=O) groups excluding carboxylic acids is 5. The summed E-state index contributed by atoms with van der Waals surface area (Å²) in [4.78, 5) is 73.6. The summed E-state index contributed by atoms with van der Waals surface area (Å²) >= 11 is 0. The Morgan fingerprint density at radius 3 is 2.17 bits per heavy atom. The van der Waals surface area contributed by atoms with Crippen LogP contribution in [0, 0.1) is 17.2 Å². The molecule has 1 unspecified atom stereocenters. The average Bonchev–Trinajstić information content (AvgIpc) is 3.98. The molecule has 2 aliphatic heterocycles. The third-order valence-corrected chi connectivity index (χ3v) is 11.9. The van der Waals surface area contributed by atoms with Crippen molar-refractivity contribution in [3.63, 3.8) is 0 Å². The molecule has 0 spiro atoms. The lowest BCUT2D eigenvalue weighted by molar-refractivity contribution is -0.136. The second kappa shape index (κ2) is 22.2. The number of nitrogens with one attached hydrogen (secondary N) is 4. The molecular formula is C46H54N10O10. The number of imide groups is 2. The molecule has 4 N–H and O–H groups in total. The van der Waals surface area contributed by atoms with Crippen molar-refractivity contribution in [2.45, 2.75) is 69.5 Å². The minimum Gasteiger partial charge on any atom is -0.382 e. The predicted octanol–water partition coefficient (Wildman–Crippen LogP) is 3.15. The van der Waals surface area contributed by atoms with E-state index >= 15 is 0 Å². The van der Waals surface area contributed by atoms with Gasteiger partial charge in [0.2, 0.25) is 11.8 Å². The molecule has 5 heterocycles. The summed E-state index contributed by atoms with van der Waals surface area (Å²) in [6, 6.07) is 9.96. The largest absolute Gasteiger partial charge is 0.382 e. The lowest BCUT2D eigenvalue weighted by Crippen LogP contribution is -2.54. The number of aromatic nitrogens is 4. The zero-order valence-electron chi connectivity index (χ0n) is 36.6. The first-order valence-electron chi connectivity index (χ1n) is 22.6. The molecule has 8 rings (SSSR count). The molecule has 2 aliphatic carbocycles. The monoisotopic (exact) mass is 906 g/mol. The third-order valence-electron chi connectivity index (χ3n) is 11.9. The SMILES string of the molecule is N#Cc1cnc2c(cnn2-c2cc(NC3CC3)c(C(=O)N[C@H]3CC[C@H](COCCOCCOCCOCCOCCNc4cccc5c4C(=O)N(C4CCC(=O)NC4=O)C5=O)CC3)cn2)c1. The van der Waals surface area contributed by atoms with E-state index in [1.54, 1.807) is 41.3 Å². The molecule has 1 atom stereocenters. The summed E-state index contributed by atoms with van der Waals surface area (Å²) in [5, 5.41) is 26.5. The summed E-state index contributed by atoms with van der Waals surface area (Å²) in [5.41, 5.74) is 3.14. The normalized spacial score (nSPS) is 19.4. The Labute approximate surface area is 381 Å². The lowest BCUT2D eigenvalue weighted by atomic mass is 9.86. The maximum absolute atomic E-state index is 13.5.